The van der Waals surface area contributed by atoms with E-state index < -0.39 is 24.5 Å². The summed E-state index contributed by atoms with van der Waals surface area (Å²) in [4.78, 5) is 14.2. The van der Waals surface area contributed by atoms with Crippen LogP contribution in [0.2, 0.25) is 5.02 Å². The van der Waals surface area contributed by atoms with Crippen LogP contribution in [0, 0.1) is 0 Å². The Morgan fingerprint density at radius 3 is 2.69 bits per heavy atom. The first kappa shape index (κ1) is 13.3. The molecule has 16 heavy (non-hydrogen) atoms. The van der Waals surface area contributed by atoms with E-state index in [0.29, 0.717) is 0 Å². The zero-order valence-corrected chi connectivity index (χ0v) is 10.2. The van der Waals surface area contributed by atoms with Crippen LogP contribution in [-0.4, -0.2) is 16.1 Å². The van der Waals surface area contributed by atoms with Gasteiger partial charge in [0, 0.05) is 5.33 Å². The van der Waals surface area contributed by atoms with Gasteiger partial charge < -0.3 is 5.11 Å². The lowest BCUT2D eigenvalue weighted by Crippen LogP contribution is -2.05. The SMILES string of the molecule is O=C(O)Cc1cc(C(F)F)nc(CBr)c1Cl. The van der Waals surface area contributed by atoms with Gasteiger partial charge in [-0.3, -0.25) is 4.79 Å². The molecule has 0 atom stereocenters. The number of hydrogen-bond acceptors (Lipinski definition) is 2. The number of nitrogens with zero attached hydrogens (tertiary/aromatic N) is 1. The minimum absolute atomic E-state index is 0.115. The highest BCUT2D eigenvalue weighted by atomic mass is 79.9. The zero-order chi connectivity index (χ0) is 12.3. The number of carbonyl (C=O) groups is 1. The number of rotatable bonds is 4. The van der Waals surface area contributed by atoms with Gasteiger partial charge in [0.1, 0.15) is 5.69 Å². The summed E-state index contributed by atoms with van der Waals surface area (Å²) in [5.74, 6) is -1.13. The molecule has 1 aromatic rings. The van der Waals surface area contributed by atoms with E-state index in [1.165, 1.54) is 0 Å². The van der Waals surface area contributed by atoms with Gasteiger partial charge >= 0.3 is 5.97 Å². The van der Waals surface area contributed by atoms with Gasteiger partial charge in [-0.25, -0.2) is 13.8 Å². The molecule has 3 nitrogen and oxygen atoms in total. The van der Waals surface area contributed by atoms with Gasteiger partial charge in [-0.15, -0.1) is 0 Å². The number of aliphatic carboxylic acids is 1. The van der Waals surface area contributed by atoms with Gasteiger partial charge in [-0.05, 0) is 11.6 Å². The maximum Gasteiger partial charge on any atom is 0.307 e. The van der Waals surface area contributed by atoms with Crippen LogP contribution in [0.4, 0.5) is 8.78 Å². The fraction of sp³-hybridized carbons (Fsp3) is 0.333. The van der Waals surface area contributed by atoms with E-state index in [2.05, 4.69) is 20.9 Å². The number of carboxylic acids is 1. The summed E-state index contributed by atoms with van der Waals surface area (Å²) >= 11 is 8.88. The van der Waals surface area contributed by atoms with Crippen LogP contribution in [0.25, 0.3) is 0 Å². The molecule has 0 aromatic carbocycles. The molecule has 1 N–H and O–H groups in total. The Morgan fingerprint density at radius 2 is 2.25 bits per heavy atom. The summed E-state index contributed by atoms with van der Waals surface area (Å²) in [7, 11) is 0. The summed E-state index contributed by atoms with van der Waals surface area (Å²) < 4.78 is 24.9. The molecule has 0 fully saturated rings. The van der Waals surface area contributed by atoms with Gasteiger partial charge in [0.2, 0.25) is 0 Å². The number of hydrogen-bond donors (Lipinski definition) is 1. The molecular formula is C9H7BrClF2NO2. The van der Waals surface area contributed by atoms with E-state index >= 15 is 0 Å². The molecular weight excluding hydrogens is 307 g/mol. The van der Waals surface area contributed by atoms with Crippen molar-refractivity contribution in [1.82, 2.24) is 4.98 Å². The van der Waals surface area contributed by atoms with Crippen LogP contribution in [-0.2, 0) is 16.5 Å². The van der Waals surface area contributed by atoms with E-state index in [0.717, 1.165) is 6.07 Å². The standard InChI is InChI=1S/C9H7BrClF2NO2/c10-3-6-8(11)4(2-7(15)16)1-5(14-6)9(12)13/h1,9H,2-3H2,(H,15,16). The number of carboxylic acid groups (broad SMARTS) is 1. The van der Waals surface area contributed by atoms with Crippen molar-refractivity contribution in [2.45, 2.75) is 18.2 Å². The average molecular weight is 315 g/mol. The predicted molar refractivity (Wildman–Crippen MR) is 58.2 cm³/mol. The van der Waals surface area contributed by atoms with E-state index in [1.807, 2.05) is 0 Å². The Balaban J connectivity index is 3.24. The molecule has 0 aliphatic heterocycles. The van der Waals surface area contributed by atoms with Gasteiger partial charge in [0.15, 0.2) is 0 Å². The lowest BCUT2D eigenvalue weighted by atomic mass is 10.1. The van der Waals surface area contributed by atoms with Crippen LogP contribution in [0.5, 0.6) is 0 Å². The lowest BCUT2D eigenvalue weighted by molar-refractivity contribution is -0.136. The van der Waals surface area contributed by atoms with Crippen molar-refractivity contribution < 1.29 is 18.7 Å². The summed E-state index contributed by atoms with van der Waals surface area (Å²) in [6.07, 6.45) is -3.15. The predicted octanol–water partition coefficient (Wildman–Crippen LogP) is 3.19. The topological polar surface area (TPSA) is 50.2 Å². The fourth-order valence-electron chi connectivity index (χ4n) is 1.16. The third-order valence-corrected chi connectivity index (χ3v) is 2.81. The van der Waals surface area contributed by atoms with E-state index in [9.17, 15) is 13.6 Å². The first-order valence-corrected chi connectivity index (χ1v) is 5.69. The molecule has 0 saturated heterocycles. The van der Waals surface area contributed by atoms with Crippen LogP contribution < -0.4 is 0 Å². The molecule has 88 valence electrons. The maximum atomic E-state index is 12.5. The third kappa shape index (κ3) is 3.12. The van der Waals surface area contributed by atoms with Crippen molar-refractivity contribution in [2.24, 2.45) is 0 Å². The molecule has 7 heteroatoms. The normalized spacial score (nSPS) is 10.8. The largest absolute Gasteiger partial charge is 0.481 e. The molecule has 0 saturated carbocycles. The zero-order valence-electron chi connectivity index (χ0n) is 7.88. The highest BCUT2D eigenvalue weighted by molar-refractivity contribution is 9.08. The summed E-state index contributed by atoms with van der Waals surface area (Å²) in [5.41, 5.74) is -0.0975. The molecule has 0 spiro atoms. The molecule has 1 heterocycles. The van der Waals surface area contributed by atoms with Gasteiger partial charge in [-0.1, -0.05) is 27.5 Å². The average Bonchev–Trinajstić information content (AvgIpc) is 2.20. The molecule has 0 amide bonds. The Bertz CT molecular complexity index is 415. The highest BCUT2D eigenvalue weighted by Gasteiger charge is 2.17. The van der Waals surface area contributed by atoms with E-state index in [4.69, 9.17) is 16.7 Å². The van der Waals surface area contributed by atoms with Crippen LogP contribution >= 0.6 is 27.5 Å². The number of pyridine rings is 1. The third-order valence-electron chi connectivity index (χ3n) is 1.81. The number of alkyl halides is 3. The number of halogens is 4. The Labute approximate surface area is 104 Å². The molecule has 0 aliphatic carbocycles. The van der Waals surface area contributed by atoms with Crippen molar-refractivity contribution in [3.05, 3.63) is 28.0 Å². The summed E-state index contributed by atoms with van der Waals surface area (Å²) in [6, 6.07) is 1.02. The Hall–Kier alpha value is -0.750. The molecule has 0 aliphatic rings. The van der Waals surface area contributed by atoms with E-state index in [1.54, 1.807) is 0 Å². The van der Waals surface area contributed by atoms with Crippen molar-refractivity contribution in [2.75, 3.05) is 0 Å². The first-order chi connectivity index (χ1) is 7.45. The van der Waals surface area contributed by atoms with Gasteiger partial charge in [0.05, 0.1) is 17.1 Å². The second kappa shape index (κ2) is 5.54. The molecule has 0 radical (unpaired) electrons. The molecule has 1 aromatic heterocycles. The van der Waals surface area contributed by atoms with Crippen LogP contribution in [0.15, 0.2) is 6.07 Å². The fourth-order valence-corrected chi connectivity index (χ4v) is 1.95. The second-order valence-electron chi connectivity index (χ2n) is 2.97. The van der Waals surface area contributed by atoms with Crippen LogP contribution in [0.1, 0.15) is 23.4 Å². The van der Waals surface area contributed by atoms with Crippen molar-refractivity contribution in [3.8, 4) is 0 Å². The summed E-state index contributed by atoms with van der Waals surface area (Å²) in [5, 5.41) is 8.91. The molecule has 1 rings (SSSR count). The smallest absolute Gasteiger partial charge is 0.307 e. The minimum atomic E-state index is -2.75. The Morgan fingerprint density at radius 1 is 1.62 bits per heavy atom. The van der Waals surface area contributed by atoms with Crippen molar-refractivity contribution in [1.29, 1.82) is 0 Å². The van der Waals surface area contributed by atoms with Crippen molar-refractivity contribution >= 4 is 33.5 Å². The quantitative estimate of drug-likeness (QED) is 0.868. The van der Waals surface area contributed by atoms with Gasteiger partial charge in [-0.2, -0.15) is 0 Å². The maximum absolute atomic E-state index is 12.5. The van der Waals surface area contributed by atoms with Gasteiger partial charge in [0.25, 0.3) is 6.43 Å². The minimum Gasteiger partial charge on any atom is -0.481 e. The van der Waals surface area contributed by atoms with Crippen molar-refractivity contribution in [3.63, 3.8) is 0 Å². The monoisotopic (exact) mass is 313 g/mol. The molecule has 0 unspecified atom stereocenters. The van der Waals surface area contributed by atoms with Crippen LogP contribution in [0.3, 0.4) is 0 Å². The van der Waals surface area contributed by atoms with E-state index in [-0.39, 0.29) is 21.6 Å². The first-order valence-electron chi connectivity index (χ1n) is 4.19. The summed E-state index contributed by atoms with van der Waals surface area (Å²) in [6.45, 7) is 0. The molecule has 0 bridgehead atoms. The highest BCUT2D eigenvalue weighted by Crippen LogP contribution is 2.27. The Kier molecular flexibility index (Phi) is 4.61. The second-order valence-corrected chi connectivity index (χ2v) is 3.91. The number of aromatic nitrogens is 1. The lowest BCUT2D eigenvalue weighted by Gasteiger charge is -2.08.